The fourth-order valence-electron chi connectivity index (χ4n) is 3.21. The Hall–Kier alpha value is -3.06. The van der Waals surface area contributed by atoms with Crippen LogP contribution in [0.25, 0.3) is 11.0 Å². The largest absolute Gasteiger partial charge is 0.468 e. The van der Waals surface area contributed by atoms with E-state index in [1.165, 1.54) is 7.11 Å². The average Bonchev–Trinajstić information content (AvgIpc) is 3.16. The highest BCUT2D eigenvalue weighted by molar-refractivity contribution is 5.95. The molecule has 0 bridgehead atoms. The molecule has 1 aliphatic heterocycles. The van der Waals surface area contributed by atoms with Gasteiger partial charge in [-0.15, -0.1) is 0 Å². The van der Waals surface area contributed by atoms with Crippen LogP contribution in [0.4, 0.5) is 5.69 Å². The van der Waals surface area contributed by atoms with Gasteiger partial charge in [-0.1, -0.05) is 12.1 Å². The van der Waals surface area contributed by atoms with Crippen LogP contribution in [-0.2, 0) is 4.74 Å². The first-order valence-corrected chi connectivity index (χ1v) is 8.51. The number of carbonyl (C=O) groups is 1. The molecule has 1 aliphatic rings. The molecule has 1 aromatic carbocycles. The number of hydrogen-bond acceptors (Lipinski definition) is 6. The van der Waals surface area contributed by atoms with Gasteiger partial charge in [0.1, 0.15) is 11.4 Å². The summed E-state index contributed by atoms with van der Waals surface area (Å²) in [6.45, 7) is 2.17. The summed E-state index contributed by atoms with van der Waals surface area (Å²) in [5.74, 6) is 0.333. The van der Waals surface area contributed by atoms with Crippen molar-refractivity contribution in [3.05, 3.63) is 54.4 Å². The third-order valence-electron chi connectivity index (χ3n) is 4.46. The normalized spacial score (nSPS) is 17.3. The van der Waals surface area contributed by atoms with Crippen LogP contribution in [0.3, 0.4) is 0 Å². The number of fused-ring (bicyclic) bond motifs is 1. The predicted molar refractivity (Wildman–Crippen MR) is 98.5 cm³/mol. The minimum Gasteiger partial charge on any atom is -0.468 e. The summed E-state index contributed by atoms with van der Waals surface area (Å²) in [7, 11) is 1.39. The molecule has 2 aromatic heterocycles. The lowest BCUT2D eigenvalue weighted by molar-refractivity contribution is 0.0600. The van der Waals surface area contributed by atoms with Crippen molar-refractivity contribution >= 4 is 22.7 Å². The molecule has 7 nitrogen and oxygen atoms in total. The van der Waals surface area contributed by atoms with Crippen molar-refractivity contribution in [3.63, 3.8) is 0 Å². The summed E-state index contributed by atoms with van der Waals surface area (Å²) < 4.78 is 11.1. The van der Waals surface area contributed by atoms with Crippen molar-refractivity contribution in [2.24, 2.45) is 0 Å². The van der Waals surface area contributed by atoms with Gasteiger partial charge in [0.05, 0.1) is 31.1 Å². The SMILES string of the molecule is COC(=O)c1ccccc1N1CCNCC1Oc1cnc2[nH]ccc2c1. The third-order valence-corrected chi connectivity index (χ3v) is 4.46. The van der Waals surface area contributed by atoms with E-state index in [0.717, 1.165) is 29.8 Å². The summed E-state index contributed by atoms with van der Waals surface area (Å²) in [4.78, 5) is 21.7. The van der Waals surface area contributed by atoms with E-state index in [0.29, 0.717) is 17.9 Å². The number of aromatic nitrogens is 2. The lowest BCUT2D eigenvalue weighted by atomic mass is 10.1. The molecule has 4 rings (SSSR count). The van der Waals surface area contributed by atoms with Crippen molar-refractivity contribution in [1.82, 2.24) is 15.3 Å². The molecule has 134 valence electrons. The molecule has 3 aromatic rings. The van der Waals surface area contributed by atoms with Gasteiger partial charge in [0.25, 0.3) is 0 Å². The molecule has 7 heteroatoms. The molecular formula is C19H20N4O3. The van der Waals surface area contributed by atoms with Crippen molar-refractivity contribution < 1.29 is 14.3 Å². The van der Waals surface area contributed by atoms with Gasteiger partial charge in [-0.2, -0.15) is 0 Å². The summed E-state index contributed by atoms with van der Waals surface area (Å²) in [6.07, 6.45) is 3.30. The van der Waals surface area contributed by atoms with Gasteiger partial charge < -0.3 is 24.7 Å². The van der Waals surface area contributed by atoms with E-state index in [4.69, 9.17) is 9.47 Å². The van der Waals surface area contributed by atoms with Crippen LogP contribution in [0.15, 0.2) is 48.8 Å². The van der Waals surface area contributed by atoms with Crippen LogP contribution < -0.4 is 15.0 Å². The molecule has 1 fully saturated rings. The number of piperazine rings is 1. The highest BCUT2D eigenvalue weighted by atomic mass is 16.5. The Balaban J connectivity index is 1.63. The molecule has 0 spiro atoms. The predicted octanol–water partition coefficient (Wildman–Crippen LogP) is 2.16. The number of carbonyl (C=O) groups excluding carboxylic acids is 1. The van der Waals surface area contributed by atoms with Crippen molar-refractivity contribution in [1.29, 1.82) is 0 Å². The van der Waals surface area contributed by atoms with Gasteiger partial charge in [-0.3, -0.25) is 0 Å². The number of aromatic amines is 1. The number of H-pyrrole nitrogens is 1. The minimum absolute atomic E-state index is 0.257. The van der Waals surface area contributed by atoms with Gasteiger partial charge in [-0.25, -0.2) is 9.78 Å². The quantitative estimate of drug-likeness (QED) is 0.701. The van der Waals surface area contributed by atoms with Gasteiger partial charge >= 0.3 is 5.97 Å². The Morgan fingerprint density at radius 2 is 2.19 bits per heavy atom. The first-order chi connectivity index (χ1) is 12.8. The molecule has 0 amide bonds. The van der Waals surface area contributed by atoms with E-state index in [2.05, 4.69) is 20.2 Å². The van der Waals surface area contributed by atoms with Gasteiger partial charge in [0.15, 0.2) is 6.23 Å². The number of benzene rings is 1. The van der Waals surface area contributed by atoms with E-state index in [9.17, 15) is 4.79 Å². The summed E-state index contributed by atoms with van der Waals surface area (Å²) in [5, 5.41) is 4.33. The maximum atomic E-state index is 12.1. The molecule has 2 N–H and O–H groups in total. The topological polar surface area (TPSA) is 79.5 Å². The number of esters is 1. The molecule has 1 unspecified atom stereocenters. The summed E-state index contributed by atoms with van der Waals surface area (Å²) in [5.41, 5.74) is 2.17. The standard InChI is InChI=1S/C19H20N4O3/c1-25-19(24)15-4-2-3-5-16(15)23-9-8-20-12-17(23)26-14-10-13-6-7-21-18(13)22-11-14/h2-7,10-11,17,20H,8-9,12H2,1H3,(H,21,22). The molecule has 0 saturated carbocycles. The number of rotatable bonds is 4. The van der Waals surface area contributed by atoms with E-state index < -0.39 is 0 Å². The Labute approximate surface area is 150 Å². The number of para-hydroxylation sites is 1. The number of pyridine rings is 1. The maximum Gasteiger partial charge on any atom is 0.339 e. The Bertz CT molecular complexity index is 924. The molecule has 0 aliphatic carbocycles. The zero-order valence-electron chi connectivity index (χ0n) is 14.4. The zero-order valence-corrected chi connectivity index (χ0v) is 14.4. The fourth-order valence-corrected chi connectivity index (χ4v) is 3.21. The number of hydrogen-bond donors (Lipinski definition) is 2. The van der Waals surface area contributed by atoms with Gasteiger partial charge in [-0.05, 0) is 24.3 Å². The Kier molecular flexibility index (Phi) is 4.45. The monoisotopic (exact) mass is 352 g/mol. The second-order valence-electron chi connectivity index (χ2n) is 6.07. The average molecular weight is 352 g/mol. The summed E-state index contributed by atoms with van der Waals surface area (Å²) >= 11 is 0. The highest BCUT2D eigenvalue weighted by Crippen LogP contribution is 2.26. The third kappa shape index (κ3) is 3.09. The second-order valence-corrected chi connectivity index (χ2v) is 6.07. The minimum atomic E-state index is -0.353. The molecule has 26 heavy (non-hydrogen) atoms. The van der Waals surface area contributed by atoms with Crippen LogP contribution in [0, 0.1) is 0 Å². The van der Waals surface area contributed by atoms with E-state index in [-0.39, 0.29) is 12.2 Å². The fraction of sp³-hybridized carbons (Fsp3) is 0.263. The molecule has 3 heterocycles. The first-order valence-electron chi connectivity index (χ1n) is 8.51. The van der Waals surface area contributed by atoms with Crippen LogP contribution >= 0.6 is 0 Å². The molecular weight excluding hydrogens is 332 g/mol. The smallest absolute Gasteiger partial charge is 0.339 e. The highest BCUT2D eigenvalue weighted by Gasteiger charge is 2.27. The van der Waals surface area contributed by atoms with E-state index in [1.807, 2.05) is 36.5 Å². The van der Waals surface area contributed by atoms with Crippen molar-refractivity contribution in [2.75, 3.05) is 31.6 Å². The van der Waals surface area contributed by atoms with Crippen LogP contribution in [0.2, 0.25) is 0 Å². The molecule has 0 radical (unpaired) electrons. The van der Waals surface area contributed by atoms with Gasteiger partial charge in [0, 0.05) is 24.7 Å². The second kappa shape index (κ2) is 7.05. The number of anilines is 1. The molecule has 1 atom stereocenters. The van der Waals surface area contributed by atoms with Gasteiger partial charge in [0.2, 0.25) is 0 Å². The number of nitrogens with zero attached hydrogens (tertiary/aromatic N) is 2. The number of nitrogens with one attached hydrogen (secondary N) is 2. The number of methoxy groups -OCH3 is 1. The first kappa shape index (κ1) is 16.4. The lowest BCUT2D eigenvalue weighted by Crippen LogP contribution is -2.54. The van der Waals surface area contributed by atoms with Crippen LogP contribution in [-0.4, -0.2) is 48.9 Å². The maximum absolute atomic E-state index is 12.1. The zero-order chi connectivity index (χ0) is 17.9. The van der Waals surface area contributed by atoms with Crippen molar-refractivity contribution in [3.8, 4) is 5.75 Å². The van der Waals surface area contributed by atoms with E-state index >= 15 is 0 Å². The number of ether oxygens (including phenoxy) is 2. The lowest BCUT2D eigenvalue weighted by Gasteiger charge is -2.38. The Morgan fingerprint density at radius 3 is 3.08 bits per heavy atom. The summed E-state index contributed by atoms with van der Waals surface area (Å²) in [6, 6.07) is 11.3. The Morgan fingerprint density at radius 1 is 1.31 bits per heavy atom. The van der Waals surface area contributed by atoms with E-state index in [1.54, 1.807) is 12.3 Å². The van der Waals surface area contributed by atoms with Crippen LogP contribution in [0.5, 0.6) is 5.75 Å². The van der Waals surface area contributed by atoms with Crippen molar-refractivity contribution in [2.45, 2.75) is 6.23 Å². The molecule has 1 saturated heterocycles. The van der Waals surface area contributed by atoms with Crippen LogP contribution in [0.1, 0.15) is 10.4 Å².